The first-order valence-corrected chi connectivity index (χ1v) is 10.2. The molecule has 5 aromatic rings. The van der Waals surface area contributed by atoms with Crippen LogP contribution in [0.4, 0.5) is 0 Å². The quantitative estimate of drug-likeness (QED) is 0.351. The van der Waals surface area contributed by atoms with E-state index in [0.29, 0.717) is 11.8 Å². The molecule has 0 bridgehead atoms. The number of hydrogen-bond acceptors (Lipinski definition) is 3. The second-order valence-electron chi connectivity index (χ2n) is 7.47. The fourth-order valence-corrected chi connectivity index (χ4v) is 4.21. The van der Waals surface area contributed by atoms with Gasteiger partial charge in [0.1, 0.15) is 0 Å². The first kappa shape index (κ1) is 17.0. The number of fused-ring (bicyclic) bond motifs is 3. The molecule has 2 heterocycles. The van der Waals surface area contributed by atoms with Crippen LogP contribution in [0.3, 0.4) is 0 Å². The average molecular weight is 389 g/mol. The monoisotopic (exact) mass is 389 g/mol. The van der Waals surface area contributed by atoms with Crippen molar-refractivity contribution in [3.8, 4) is 17.1 Å². The minimum Gasteiger partial charge on any atom is -0.416 e. The Balaban J connectivity index is 1.49. The third-order valence-corrected chi connectivity index (χ3v) is 5.60. The maximum absolute atomic E-state index is 6.01. The standard InChI is InChI=1S/C26H19N3O/c1-2-9-18(10-3-1)25-27-28-26(30-25)19-11-8-12-20(17-19)29-23-15-6-4-13-21(23)22-14-5-7-16-24(22)29/h2,4-17H,1,3H2. The van der Waals surface area contributed by atoms with Gasteiger partial charge in [0, 0.05) is 27.6 Å². The summed E-state index contributed by atoms with van der Waals surface area (Å²) in [5.74, 6) is 1.11. The van der Waals surface area contributed by atoms with Crippen LogP contribution in [0.5, 0.6) is 0 Å². The summed E-state index contributed by atoms with van der Waals surface area (Å²) in [5.41, 5.74) is 5.34. The molecule has 4 nitrogen and oxygen atoms in total. The predicted octanol–water partition coefficient (Wildman–Crippen LogP) is 6.57. The topological polar surface area (TPSA) is 43.9 Å². The van der Waals surface area contributed by atoms with Crippen molar-refractivity contribution >= 4 is 27.4 Å². The lowest BCUT2D eigenvalue weighted by Crippen LogP contribution is -1.94. The molecule has 0 aliphatic heterocycles. The van der Waals surface area contributed by atoms with Crippen molar-refractivity contribution in [1.82, 2.24) is 14.8 Å². The van der Waals surface area contributed by atoms with Gasteiger partial charge >= 0.3 is 0 Å². The molecule has 0 saturated heterocycles. The highest BCUT2D eigenvalue weighted by Gasteiger charge is 2.15. The van der Waals surface area contributed by atoms with Gasteiger partial charge in [-0.1, -0.05) is 60.7 Å². The lowest BCUT2D eigenvalue weighted by atomic mass is 10.1. The van der Waals surface area contributed by atoms with Crippen LogP contribution in [0.2, 0.25) is 0 Å². The molecule has 0 fully saturated rings. The van der Waals surface area contributed by atoms with Gasteiger partial charge in [0.25, 0.3) is 0 Å². The van der Waals surface area contributed by atoms with Crippen LogP contribution in [0.15, 0.2) is 95.4 Å². The van der Waals surface area contributed by atoms with Crippen LogP contribution in [0.1, 0.15) is 18.7 Å². The zero-order chi connectivity index (χ0) is 19.9. The Bertz CT molecular complexity index is 1400. The first-order chi connectivity index (χ1) is 14.9. The Labute approximate surface area is 173 Å². The Morgan fingerprint density at radius 1 is 0.733 bits per heavy atom. The number of hydrogen-bond donors (Lipinski definition) is 0. The van der Waals surface area contributed by atoms with Crippen molar-refractivity contribution in [2.45, 2.75) is 12.8 Å². The number of aromatic nitrogens is 3. The van der Waals surface area contributed by atoms with E-state index in [1.807, 2.05) is 12.1 Å². The summed E-state index contributed by atoms with van der Waals surface area (Å²) in [6.07, 6.45) is 8.40. The van der Waals surface area contributed by atoms with Gasteiger partial charge in [-0.05, 0) is 43.2 Å². The van der Waals surface area contributed by atoms with Crippen LogP contribution in [-0.2, 0) is 0 Å². The molecule has 30 heavy (non-hydrogen) atoms. The van der Waals surface area contributed by atoms with Crippen molar-refractivity contribution in [3.63, 3.8) is 0 Å². The zero-order valence-electron chi connectivity index (χ0n) is 16.3. The number of para-hydroxylation sites is 2. The van der Waals surface area contributed by atoms with Crippen molar-refractivity contribution in [3.05, 3.63) is 96.9 Å². The highest BCUT2D eigenvalue weighted by molar-refractivity contribution is 6.09. The van der Waals surface area contributed by atoms with Crippen molar-refractivity contribution in [1.29, 1.82) is 0 Å². The molecule has 0 amide bonds. The minimum absolute atomic E-state index is 0.535. The Morgan fingerprint density at radius 2 is 1.47 bits per heavy atom. The maximum Gasteiger partial charge on any atom is 0.248 e. The van der Waals surface area contributed by atoms with Gasteiger partial charge in [-0.3, -0.25) is 0 Å². The van der Waals surface area contributed by atoms with Gasteiger partial charge in [0.2, 0.25) is 11.8 Å². The van der Waals surface area contributed by atoms with Crippen LogP contribution >= 0.6 is 0 Å². The van der Waals surface area contributed by atoms with Gasteiger partial charge in [-0.15, -0.1) is 10.2 Å². The molecule has 144 valence electrons. The molecule has 0 saturated carbocycles. The second kappa shape index (κ2) is 6.85. The van der Waals surface area contributed by atoms with Gasteiger partial charge in [0.05, 0.1) is 11.0 Å². The van der Waals surface area contributed by atoms with Gasteiger partial charge in [0.15, 0.2) is 0 Å². The smallest absolute Gasteiger partial charge is 0.248 e. The Morgan fingerprint density at radius 3 is 2.20 bits per heavy atom. The van der Waals surface area contributed by atoms with Crippen LogP contribution in [-0.4, -0.2) is 14.8 Å². The lowest BCUT2D eigenvalue weighted by Gasteiger charge is -2.08. The second-order valence-corrected chi connectivity index (χ2v) is 7.47. The summed E-state index contributed by atoms with van der Waals surface area (Å²) < 4.78 is 8.30. The lowest BCUT2D eigenvalue weighted by molar-refractivity contribution is 0.554. The van der Waals surface area contributed by atoms with Crippen LogP contribution in [0, 0.1) is 0 Å². The molecule has 0 unspecified atom stereocenters. The number of rotatable bonds is 3. The van der Waals surface area contributed by atoms with Crippen molar-refractivity contribution < 1.29 is 4.42 Å². The SMILES string of the molecule is C1=CC(c2nnc(-c3cccc(-n4c5ccccc5c5ccccc54)c3)o2)=CCC1. The third-order valence-electron chi connectivity index (χ3n) is 5.60. The first-order valence-electron chi connectivity index (χ1n) is 10.2. The highest BCUT2D eigenvalue weighted by Crippen LogP contribution is 2.33. The molecular weight excluding hydrogens is 370 g/mol. The minimum atomic E-state index is 0.535. The van der Waals surface area contributed by atoms with Crippen molar-refractivity contribution in [2.24, 2.45) is 0 Å². The number of allylic oxidation sites excluding steroid dienone is 4. The van der Waals surface area contributed by atoms with Gasteiger partial charge in [-0.2, -0.15) is 0 Å². The van der Waals surface area contributed by atoms with E-state index in [-0.39, 0.29) is 0 Å². The third kappa shape index (κ3) is 2.69. The summed E-state index contributed by atoms with van der Waals surface area (Å²) in [6, 6.07) is 25.3. The molecular formula is C26H19N3O. The molecule has 0 spiro atoms. The zero-order valence-corrected chi connectivity index (χ0v) is 16.3. The summed E-state index contributed by atoms with van der Waals surface area (Å²) >= 11 is 0. The fourth-order valence-electron chi connectivity index (χ4n) is 4.21. The molecule has 4 heteroatoms. The molecule has 1 aliphatic rings. The number of nitrogens with zero attached hydrogens (tertiary/aromatic N) is 3. The fraction of sp³-hybridized carbons (Fsp3) is 0.0769. The summed E-state index contributed by atoms with van der Waals surface area (Å²) in [6.45, 7) is 0. The van der Waals surface area contributed by atoms with E-state index in [0.717, 1.165) is 29.7 Å². The summed E-state index contributed by atoms with van der Waals surface area (Å²) in [4.78, 5) is 0. The normalized spacial score (nSPS) is 13.8. The highest BCUT2D eigenvalue weighted by atomic mass is 16.4. The average Bonchev–Trinajstić information content (AvgIpc) is 3.43. The molecule has 3 aromatic carbocycles. The molecule has 6 rings (SSSR count). The number of benzene rings is 3. The van der Waals surface area contributed by atoms with E-state index in [4.69, 9.17) is 4.42 Å². The van der Waals surface area contributed by atoms with E-state index in [1.165, 1.54) is 21.8 Å². The van der Waals surface area contributed by atoms with E-state index in [2.05, 4.69) is 93.7 Å². The van der Waals surface area contributed by atoms with Gasteiger partial charge < -0.3 is 8.98 Å². The van der Waals surface area contributed by atoms with Crippen molar-refractivity contribution in [2.75, 3.05) is 0 Å². The molecule has 0 N–H and O–H groups in total. The molecule has 0 radical (unpaired) electrons. The summed E-state index contributed by atoms with van der Waals surface area (Å²) in [5, 5.41) is 11.1. The predicted molar refractivity (Wildman–Crippen MR) is 120 cm³/mol. The maximum atomic E-state index is 6.01. The Kier molecular flexibility index (Phi) is 3.88. The van der Waals surface area contributed by atoms with Gasteiger partial charge in [-0.25, -0.2) is 0 Å². The molecule has 0 atom stereocenters. The van der Waals surface area contributed by atoms with E-state index < -0.39 is 0 Å². The van der Waals surface area contributed by atoms with Crippen LogP contribution < -0.4 is 0 Å². The molecule has 2 aromatic heterocycles. The largest absolute Gasteiger partial charge is 0.416 e. The van der Waals surface area contributed by atoms with E-state index in [1.54, 1.807) is 0 Å². The Hall–Kier alpha value is -3.92. The van der Waals surface area contributed by atoms with E-state index >= 15 is 0 Å². The van der Waals surface area contributed by atoms with E-state index in [9.17, 15) is 0 Å². The molecule has 1 aliphatic carbocycles. The van der Waals surface area contributed by atoms with Crippen LogP contribution in [0.25, 0.3) is 44.5 Å². The summed E-state index contributed by atoms with van der Waals surface area (Å²) in [7, 11) is 0.